The van der Waals surface area contributed by atoms with Gasteiger partial charge >= 0.3 is 0 Å². The van der Waals surface area contributed by atoms with Crippen LogP contribution >= 0.6 is 11.8 Å². The summed E-state index contributed by atoms with van der Waals surface area (Å²) in [5.74, 6) is 0.415. The van der Waals surface area contributed by atoms with Crippen LogP contribution < -0.4 is 10.5 Å². The summed E-state index contributed by atoms with van der Waals surface area (Å²) in [7, 11) is 1.58. The molecule has 0 radical (unpaired) electrons. The number of amides is 2. The number of hydrogen-bond acceptors (Lipinski definition) is 5. The fraction of sp³-hybridized carbons (Fsp3) is 0.231. The third-order valence-corrected chi connectivity index (χ3v) is 3.53. The Bertz CT molecular complexity index is 542. The summed E-state index contributed by atoms with van der Waals surface area (Å²) in [4.78, 5) is 25.2. The molecule has 2 amide bonds. The molecule has 5 nitrogen and oxygen atoms in total. The smallest absolute Gasteiger partial charge is 0.293 e. The molecule has 1 heterocycles. The van der Waals surface area contributed by atoms with Crippen LogP contribution in [0.3, 0.4) is 0 Å². The molecule has 0 bridgehead atoms. The van der Waals surface area contributed by atoms with Crippen LogP contribution in [0, 0.1) is 0 Å². The van der Waals surface area contributed by atoms with Crippen molar-refractivity contribution in [1.82, 2.24) is 4.90 Å². The Morgan fingerprint density at radius 3 is 2.89 bits per heavy atom. The summed E-state index contributed by atoms with van der Waals surface area (Å²) >= 11 is 0.932. The van der Waals surface area contributed by atoms with E-state index in [4.69, 9.17) is 10.5 Å². The molecule has 6 heteroatoms. The largest absolute Gasteiger partial charge is 0.497 e. The highest BCUT2D eigenvalue weighted by atomic mass is 32.2. The van der Waals surface area contributed by atoms with Crippen LogP contribution in [0.5, 0.6) is 5.75 Å². The van der Waals surface area contributed by atoms with Crippen molar-refractivity contribution in [3.8, 4) is 5.75 Å². The molecule has 0 saturated carbocycles. The zero-order valence-electron chi connectivity index (χ0n) is 10.5. The van der Waals surface area contributed by atoms with Gasteiger partial charge in [-0.2, -0.15) is 0 Å². The molecule has 1 aromatic carbocycles. The number of nitrogens with two attached hydrogens (primary N) is 1. The van der Waals surface area contributed by atoms with Gasteiger partial charge in [0.15, 0.2) is 0 Å². The Hall–Kier alpha value is -1.79. The Morgan fingerprint density at radius 1 is 1.42 bits per heavy atom. The summed E-state index contributed by atoms with van der Waals surface area (Å²) in [5.41, 5.74) is 6.19. The molecule has 0 aromatic heterocycles. The minimum atomic E-state index is -0.289. The van der Waals surface area contributed by atoms with E-state index in [1.807, 2.05) is 18.2 Å². The van der Waals surface area contributed by atoms with Crippen molar-refractivity contribution < 1.29 is 14.3 Å². The van der Waals surface area contributed by atoms with Gasteiger partial charge in [-0.1, -0.05) is 12.1 Å². The molecule has 0 unspecified atom stereocenters. The van der Waals surface area contributed by atoms with Crippen LogP contribution in [-0.4, -0.2) is 36.2 Å². The minimum absolute atomic E-state index is 0.250. The number of carbonyl (C=O) groups is 2. The lowest BCUT2D eigenvalue weighted by Crippen LogP contribution is -2.33. The molecule has 100 valence electrons. The van der Waals surface area contributed by atoms with E-state index < -0.39 is 0 Å². The summed E-state index contributed by atoms with van der Waals surface area (Å²) in [6, 6.07) is 7.29. The van der Waals surface area contributed by atoms with Crippen molar-refractivity contribution in [2.24, 2.45) is 5.73 Å². The predicted molar refractivity (Wildman–Crippen MR) is 74.7 cm³/mol. The van der Waals surface area contributed by atoms with E-state index >= 15 is 0 Å². The topological polar surface area (TPSA) is 72.6 Å². The van der Waals surface area contributed by atoms with E-state index in [1.165, 1.54) is 0 Å². The highest BCUT2D eigenvalue weighted by Gasteiger charge is 2.34. The average molecular weight is 278 g/mol. The molecule has 1 aromatic rings. The maximum Gasteiger partial charge on any atom is 0.293 e. The summed E-state index contributed by atoms with van der Waals surface area (Å²) in [6.45, 7) is 0.518. The number of rotatable bonds is 4. The van der Waals surface area contributed by atoms with Crippen LogP contribution in [0.4, 0.5) is 4.79 Å². The monoisotopic (exact) mass is 278 g/mol. The van der Waals surface area contributed by atoms with Crippen molar-refractivity contribution in [3.63, 3.8) is 0 Å². The predicted octanol–water partition coefficient (Wildman–Crippen LogP) is 1.69. The number of nitrogens with zero attached hydrogens (tertiary/aromatic N) is 1. The Kier molecular flexibility index (Phi) is 4.24. The standard InChI is InChI=1S/C13H14N2O3S/c1-18-10-4-2-3-9(7-10)8-11-12(16)15(6-5-14)13(17)19-11/h2-4,7-8H,5-6,14H2,1H3/b11-8+. The summed E-state index contributed by atoms with van der Waals surface area (Å²) < 4.78 is 5.11. The van der Waals surface area contributed by atoms with Gasteiger partial charge in [0, 0.05) is 13.1 Å². The first-order valence-electron chi connectivity index (χ1n) is 5.75. The van der Waals surface area contributed by atoms with E-state index in [0.717, 1.165) is 22.2 Å². The molecule has 1 fully saturated rings. The van der Waals surface area contributed by atoms with E-state index in [9.17, 15) is 9.59 Å². The molecular formula is C13H14N2O3S. The number of thioether (sulfide) groups is 1. The zero-order chi connectivity index (χ0) is 13.8. The van der Waals surface area contributed by atoms with E-state index in [1.54, 1.807) is 19.3 Å². The Labute approximate surface area is 115 Å². The summed E-state index contributed by atoms with van der Waals surface area (Å²) in [5, 5.41) is -0.274. The minimum Gasteiger partial charge on any atom is -0.497 e. The second-order valence-electron chi connectivity index (χ2n) is 3.90. The lowest BCUT2D eigenvalue weighted by Gasteiger charge is -2.09. The number of imide groups is 1. The molecule has 0 spiro atoms. The van der Waals surface area contributed by atoms with E-state index in [0.29, 0.717) is 10.7 Å². The normalized spacial score (nSPS) is 17.4. The van der Waals surface area contributed by atoms with Gasteiger partial charge in [0.1, 0.15) is 5.75 Å². The lowest BCUT2D eigenvalue weighted by atomic mass is 10.2. The van der Waals surface area contributed by atoms with Gasteiger partial charge in [0.05, 0.1) is 12.0 Å². The van der Waals surface area contributed by atoms with Crippen LogP contribution in [0.15, 0.2) is 29.2 Å². The average Bonchev–Trinajstić information content (AvgIpc) is 2.67. The first-order valence-corrected chi connectivity index (χ1v) is 6.57. The van der Waals surface area contributed by atoms with Crippen molar-refractivity contribution >= 4 is 29.0 Å². The highest BCUT2D eigenvalue weighted by Crippen LogP contribution is 2.32. The Balaban J connectivity index is 2.24. The molecule has 1 aliphatic rings. The van der Waals surface area contributed by atoms with Gasteiger partial charge in [-0.3, -0.25) is 14.5 Å². The zero-order valence-corrected chi connectivity index (χ0v) is 11.3. The lowest BCUT2D eigenvalue weighted by molar-refractivity contribution is -0.122. The van der Waals surface area contributed by atoms with E-state index in [2.05, 4.69) is 0 Å². The SMILES string of the molecule is COc1cccc(/C=C2/SC(=O)N(CCN)C2=O)c1. The second-order valence-corrected chi connectivity index (χ2v) is 4.89. The van der Waals surface area contributed by atoms with Crippen molar-refractivity contribution in [2.45, 2.75) is 0 Å². The van der Waals surface area contributed by atoms with Crippen molar-refractivity contribution in [1.29, 1.82) is 0 Å². The first-order chi connectivity index (χ1) is 9.15. The number of carbonyl (C=O) groups excluding carboxylic acids is 2. The number of ether oxygens (including phenoxy) is 1. The summed E-state index contributed by atoms with van der Waals surface area (Å²) in [6.07, 6.45) is 1.68. The van der Waals surface area contributed by atoms with Crippen LogP contribution in [-0.2, 0) is 4.79 Å². The third kappa shape index (κ3) is 2.97. The van der Waals surface area contributed by atoms with Crippen LogP contribution in [0.25, 0.3) is 6.08 Å². The molecular weight excluding hydrogens is 264 g/mol. The maximum atomic E-state index is 12.0. The highest BCUT2D eigenvalue weighted by molar-refractivity contribution is 8.18. The van der Waals surface area contributed by atoms with Gasteiger partial charge in [-0.25, -0.2) is 0 Å². The molecule has 1 saturated heterocycles. The number of hydrogen-bond donors (Lipinski definition) is 1. The van der Waals surface area contributed by atoms with Gasteiger partial charge in [-0.05, 0) is 35.5 Å². The van der Waals surface area contributed by atoms with Gasteiger partial charge in [-0.15, -0.1) is 0 Å². The molecule has 2 rings (SSSR count). The van der Waals surface area contributed by atoms with Crippen LogP contribution in [0.2, 0.25) is 0 Å². The third-order valence-electron chi connectivity index (χ3n) is 2.62. The van der Waals surface area contributed by atoms with Gasteiger partial charge in [0.2, 0.25) is 0 Å². The fourth-order valence-electron chi connectivity index (χ4n) is 1.70. The number of methoxy groups -OCH3 is 1. The Morgan fingerprint density at radius 2 is 2.21 bits per heavy atom. The van der Waals surface area contributed by atoms with Gasteiger partial charge in [0.25, 0.3) is 11.1 Å². The first kappa shape index (κ1) is 13.6. The molecule has 2 N–H and O–H groups in total. The number of benzene rings is 1. The van der Waals surface area contributed by atoms with Crippen LogP contribution in [0.1, 0.15) is 5.56 Å². The molecule has 19 heavy (non-hydrogen) atoms. The molecule has 1 aliphatic heterocycles. The van der Waals surface area contributed by atoms with E-state index in [-0.39, 0.29) is 24.2 Å². The quantitative estimate of drug-likeness (QED) is 0.848. The van der Waals surface area contributed by atoms with Crippen molar-refractivity contribution in [2.75, 3.05) is 20.2 Å². The maximum absolute atomic E-state index is 12.0. The molecule has 0 atom stereocenters. The molecule has 0 aliphatic carbocycles. The fourth-order valence-corrected chi connectivity index (χ4v) is 2.57. The van der Waals surface area contributed by atoms with Crippen molar-refractivity contribution in [3.05, 3.63) is 34.7 Å². The second kappa shape index (κ2) is 5.90. The van der Waals surface area contributed by atoms with Gasteiger partial charge < -0.3 is 10.5 Å².